The topological polar surface area (TPSA) is 83.8 Å². The summed E-state index contributed by atoms with van der Waals surface area (Å²) in [5, 5.41) is 0.487. The summed E-state index contributed by atoms with van der Waals surface area (Å²) in [7, 11) is 3.98. The van der Waals surface area contributed by atoms with Gasteiger partial charge in [-0.15, -0.1) is 0 Å². The first-order valence-corrected chi connectivity index (χ1v) is 7.02. The van der Waals surface area contributed by atoms with E-state index in [9.17, 15) is 14.4 Å². The first kappa shape index (κ1) is 17.3. The normalized spacial score (nSPS) is 10.8. The number of rotatable bonds is 4. The van der Waals surface area contributed by atoms with E-state index in [0.717, 1.165) is 6.08 Å². The summed E-state index contributed by atoms with van der Waals surface area (Å²) in [4.78, 5) is 35.8. The molecule has 1 aromatic carbocycles. The Hall–Kier alpha value is -3.09. The lowest BCUT2D eigenvalue weighted by Gasteiger charge is -2.04. The van der Waals surface area contributed by atoms with Crippen molar-refractivity contribution in [3.63, 3.8) is 0 Å². The fourth-order valence-electron chi connectivity index (χ4n) is 2.45. The van der Waals surface area contributed by atoms with Gasteiger partial charge in [-0.05, 0) is 24.3 Å². The number of aromatic nitrogens is 1. The summed E-state index contributed by atoms with van der Waals surface area (Å²) < 4.78 is 15.9. The van der Waals surface area contributed by atoms with Gasteiger partial charge in [0.15, 0.2) is 0 Å². The molecular weight excluding hydrogens is 314 g/mol. The third-order valence-corrected chi connectivity index (χ3v) is 3.49. The quantitative estimate of drug-likeness (QED) is 0.631. The maximum atomic E-state index is 12.3. The molecule has 2 rings (SSSR count). The molecule has 0 unspecified atom stereocenters. The van der Waals surface area contributed by atoms with Gasteiger partial charge in [0.1, 0.15) is 5.75 Å². The minimum atomic E-state index is -0.627. The highest BCUT2D eigenvalue weighted by molar-refractivity contribution is 6.11. The third-order valence-electron chi connectivity index (χ3n) is 3.49. The minimum absolute atomic E-state index is 0.168. The fraction of sp³-hybridized carbons (Fsp3) is 0.235. The number of hydrogen-bond donors (Lipinski definition) is 0. The van der Waals surface area contributed by atoms with Gasteiger partial charge in [-0.3, -0.25) is 9.36 Å². The summed E-state index contributed by atoms with van der Waals surface area (Å²) in [5.74, 6) is -1.02. The van der Waals surface area contributed by atoms with Gasteiger partial charge < -0.3 is 14.2 Å². The molecule has 0 atom stereocenters. The number of ether oxygens (including phenoxy) is 3. The highest BCUT2D eigenvalue weighted by Crippen LogP contribution is 2.31. The number of carbonyl (C=O) groups excluding carboxylic acids is 3. The van der Waals surface area contributed by atoms with Crippen LogP contribution in [0.5, 0.6) is 5.75 Å². The Morgan fingerprint density at radius 2 is 1.79 bits per heavy atom. The maximum Gasteiger partial charge on any atom is 0.340 e. The van der Waals surface area contributed by atoms with E-state index in [-0.39, 0.29) is 17.2 Å². The van der Waals surface area contributed by atoms with E-state index in [2.05, 4.69) is 4.74 Å². The van der Waals surface area contributed by atoms with Crippen molar-refractivity contribution in [1.82, 2.24) is 4.57 Å². The Balaban J connectivity index is 2.87. The van der Waals surface area contributed by atoms with Gasteiger partial charge in [0.05, 0.1) is 38.1 Å². The van der Waals surface area contributed by atoms with Crippen molar-refractivity contribution >= 4 is 34.8 Å². The summed E-state index contributed by atoms with van der Waals surface area (Å²) in [6.07, 6.45) is 2.49. The van der Waals surface area contributed by atoms with Crippen LogP contribution in [0.2, 0.25) is 0 Å². The van der Waals surface area contributed by atoms with Crippen molar-refractivity contribution in [2.75, 3.05) is 21.3 Å². The molecule has 0 aliphatic rings. The van der Waals surface area contributed by atoms with E-state index >= 15 is 0 Å². The number of fused-ring (bicyclic) bond motifs is 1. The third kappa shape index (κ3) is 3.01. The van der Waals surface area contributed by atoms with Crippen molar-refractivity contribution in [2.24, 2.45) is 0 Å². The van der Waals surface area contributed by atoms with Gasteiger partial charge in [-0.25, -0.2) is 9.59 Å². The standard InChI is InChI=1S/C17H17NO6/c1-10(19)18-13-6-5-11(22-2)9-12(13)16(17(21)24-4)14(18)7-8-15(20)23-3/h5-9H,1-4H3/b8-7+. The molecule has 0 N–H and O–H groups in total. The van der Waals surface area contributed by atoms with Crippen molar-refractivity contribution in [3.8, 4) is 5.75 Å². The van der Waals surface area contributed by atoms with E-state index in [4.69, 9.17) is 9.47 Å². The Kier molecular flexibility index (Phi) is 5.03. The lowest BCUT2D eigenvalue weighted by atomic mass is 10.1. The molecule has 0 amide bonds. The minimum Gasteiger partial charge on any atom is -0.497 e. The fourth-order valence-corrected chi connectivity index (χ4v) is 2.45. The molecule has 0 fully saturated rings. The zero-order chi connectivity index (χ0) is 17.9. The molecule has 1 aromatic heterocycles. The Morgan fingerprint density at radius 3 is 2.33 bits per heavy atom. The van der Waals surface area contributed by atoms with Crippen molar-refractivity contribution in [2.45, 2.75) is 6.92 Å². The second-order valence-electron chi connectivity index (χ2n) is 4.85. The maximum absolute atomic E-state index is 12.3. The average molecular weight is 331 g/mol. The Bertz CT molecular complexity index is 846. The molecule has 126 valence electrons. The summed E-state index contributed by atoms with van der Waals surface area (Å²) >= 11 is 0. The molecule has 1 heterocycles. The van der Waals surface area contributed by atoms with E-state index in [1.165, 1.54) is 38.9 Å². The van der Waals surface area contributed by atoms with E-state index < -0.39 is 11.9 Å². The van der Waals surface area contributed by atoms with Crippen LogP contribution in [-0.2, 0) is 14.3 Å². The second-order valence-corrected chi connectivity index (χ2v) is 4.85. The molecule has 2 aromatic rings. The highest BCUT2D eigenvalue weighted by Gasteiger charge is 2.24. The number of methoxy groups -OCH3 is 3. The van der Waals surface area contributed by atoms with Crippen LogP contribution in [-0.4, -0.2) is 43.7 Å². The first-order valence-electron chi connectivity index (χ1n) is 7.02. The number of carbonyl (C=O) groups is 3. The highest BCUT2D eigenvalue weighted by atomic mass is 16.5. The van der Waals surface area contributed by atoms with Gasteiger partial charge in [-0.1, -0.05) is 0 Å². The molecule has 0 bridgehead atoms. The molecule has 24 heavy (non-hydrogen) atoms. The monoisotopic (exact) mass is 331 g/mol. The SMILES string of the molecule is COC(=O)/C=C/c1c(C(=O)OC)c2cc(OC)ccc2n1C(C)=O. The van der Waals surface area contributed by atoms with Gasteiger partial charge in [0.25, 0.3) is 0 Å². The van der Waals surface area contributed by atoms with Crippen LogP contribution in [0.3, 0.4) is 0 Å². The molecule has 0 saturated heterocycles. The molecule has 7 heteroatoms. The predicted molar refractivity (Wildman–Crippen MR) is 87.2 cm³/mol. The van der Waals surface area contributed by atoms with E-state index in [1.54, 1.807) is 18.2 Å². The smallest absolute Gasteiger partial charge is 0.340 e. The molecule has 0 radical (unpaired) electrons. The summed E-state index contributed by atoms with van der Waals surface area (Å²) in [5.41, 5.74) is 0.915. The Labute approximate surface area is 138 Å². The van der Waals surface area contributed by atoms with E-state index in [0.29, 0.717) is 16.7 Å². The van der Waals surface area contributed by atoms with Gasteiger partial charge in [-0.2, -0.15) is 0 Å². The summed E-state index contributed by atoms with van der Waals surface area (Å²) in [6, 6.07) is 4.98. The van der Waals surface area contributed by atoms with Crippen LogP contribution >= 0.6 is 0 Å². The summed E-state index contributed by atoms with van der Waals surface area (Å²) in [6.45, 7) is 1.36. The molecule has 0 aliphatic carbocycles. The van der Waals surface area contributed by atoms with Crippen LogP contribution in [0.25, 0.3) is 17.0 Å². The average Bonchev–Trinajstić information content (AvgIpc) is 2.91. The lowest BCUT2D eigenvalue weighted by Crippen LogP contribution is -2.10. The van der Waals surface area contributed by atoms with Gasteiger partial charge in [0.2, 0.25) is 5.91 Å². The Morgan fingerprint density at radius 1 is 1.08 bits per heavy atom. The first-order chi connectivity index (χ1) is 11.4. The molecular formula is C17H17NO6. The van der Waals surface area contributed by atoms with E-state index in [1.807, 2.05) is 0 Å². The predicted octanol–water partition coefficient (Wildman–Crippen LogP) is 2.28. The van der Waals surface area contributed by atoms with Crippen molar-refractivity contribution in [3.05, 3.63) is 35.5 Å². The number of esters is 2. The molecule has 7 nitrogen and oxygen atoms in total. The van der Waals surface area contributed by atoms with Crippen molar-refractivity contribution < 1.29 is 28.6 Å². The van der Waals surface area contributed by atoms with Gasteiger partial charge >= 0.3 is 11.9 Å². The second kappa shape index (κ2) is 6.99. The number of benzene rings is 1. The number of nitrogens with zero attached hydrogens (tertiary/aromatic N) is 1. The van der Waals surface area contributed by atoms with Crippen molar-refractivity contribution in [1.29, 1.82) is 0 Å². The molecule has 0 spiro atoms. The molecule has 0 saturated carbocycles. The zero-order valence-corrected chi connectivity index (χ0v) is 13.8. The van der Waals surface area contributed by atoms with Crippen LogP contribution in [0.4, 0.5) is 0 Å². The van der Waals surface area contributed by atoms with Crippen LogP contribution in [0, 0.1) is 0 Å². The lowest BCUT2D eigenvalue weighted by molar-refractivity contribution is -0.134. The zero-order valence-electron chi connectivity index (χ0n) is 13.8. The largest absolute Gasteiger partial charge is 0.497 e. The van der Waals surface area contributed by atoms with Crippen LogP contribution in [0.15, 0.2) is 24.3 Å². The molecule has 0 aliphatic heterocycles. The van der Waals surface area contributed by atoms with Gasteiger partial charge in [0, 0.05) is 18.4 Å². The van der Waals surface area contributed by atoms with Crippen LogP contribution in [0.1, 0.15) is 27.8 Å². The van der Waals surface area contributed by atoms with Crippen LogP contribution < -0.4 is 4.74 Å². The number of hydrogen-bond acceptors (Lipinski definition) is 6.